The Balaban J connectivity index is 1.74. The average Bonchev–Trinajstić information content (AvgIpc) is 2.50. The largest absolute Gasteiger partial charge is 0.457 e. The Hall–Kier alpha value is -1.84. The summed E-state index contributed by atoms with van der Waals surface area (Å²) in [6, 6.07) is 18.2. The number of nitrogens with one attached hydrogen (secondary N) is 2. The molecule has 1 aliphatic rings. The van der Waals surface area contributed by atoms with Gasteiger partial charge in [-0.1, -0.05) is 30.3 Å². The van der Waals surface area contributed by atoms with Crippen molar-refractivity contribution in [1.82, 2.24) is 10.6 Å². The van der Waals surface area contributed by atoms with Crippen molar-refractivity contribution in [3.05, 3.63) is 60.2 Å². The zero-order chi connectivity index (χ0) is 13.8. The Bertz CT molecular complexity index is 545. The van der Waals surface area contributed by atoms with E-state index in [9.17, 15) is 0 Å². The maximum Gasteiger partial charge on any atom is 0.127 e. The molecule has 3 rings (SSSR count). The summed E-state index contributed by atoms with van der Waals surface area (Å²) < 4.78 is 5.82. The third-order valence-electron chi connectivity index (χ3n) is 3.77. The van der Waals surface area contributed by atoms with Crippen LogP contribution >= 0.6 is 0 Å². The van der Waals surface area contributed by atoms with Crippen LogP contribution in [-0.2, 0) is 5.54 Å². The molecular formula is C17H20N2O. The van der Waals surface area contributed by atoms with Gasteiger partial charge < -0.3 is 15.4 Å². The van der Waals surface area contributed by atoms with Gasteiger partial charge in [0.25, 0.3) is 0 Å². The molecule has 1 aliphatic heterocycles. The highest BCUT2D eigenvalue weighted by Crippen LogP contribution is 2.26. The maximum absolute atomic E-state index is 5.82. The molecule has 0 bridgehead atoms. The standard InChI is InChI=1S/C17H20N2O/c1-17(13-18-11-12-19-17)14-7-9-16(10-8-14)20-15-5-3-2-4-6-15/h2-10,18-19H,11-13H2,1H3. The van der Waals surface area contributed by atoms with Gasteiger partial charge in [0.2, 0.25) is 0 Å². The van der Waals surface area contributed by atoms with Crippen molar-refractivity contribution < 1.29 is 4.74 Å². The number of benzene rings is 2. The first-order valence-electron chi connectivity index (χ1n) is 7.05. The summed E-state index contributed by atoms with van der Waals surface area (Å²) >= 11 is 0. The molecule has 0 saturated carbocycles. The van der Waals surface area contributed by atoms with Crippen molar-refractivity contribution in [3.8, 4) is 11.5 Å². The van der Waals surface area contributed by atoms with Gasteiger partial charge >= 0.3 is 0 Å². The van der Waals surface area contributed by atoms with Crippen LogP contribution in [0.3, 0.4) is 0 Å². The maximum atomic E-state index is 5.82. The lowest BCUT2D eigenvalue weighted by Crippen LogP contribution is -2.54. The van der Waals surface area contributed by atoms with Crippen molar-refractivity contribution in [2.45, 2.75) is 12.5 Å². The predicted molar refractivity (Wildman–Crippen MR) is 81.2 cm³/mol. The molecule has 20 heavy (non-hydrogen) atoms. The van der Waals surface area contributed by atoms with E-state index < -0.39 is 0 Å². The first-order chi connectivity index (χ1) is 9.76. The summed E-state index contributed by atoms with van der Waals surface area (Å²) in [4.78, 5) is 0. The fourth-order valence-electron chi connectivity index (χ4n) is 2.55. The summed E-state index contributed by atoms with van der Waals surface area (Å²) in [5.41, 5.74) is 1.29. The number of piperazine rings is 1. The van der Waals surface area contributed by atoms with E-state index >= 15 is 0 Å². The third kappa shape index (κ3) is 2.84. The van der Waals surface area contributed by atoms with Gasteiger partial charge in [0.1, 0.15) is 11.5 Å². The van der Waals surface area contributed by atoms with Crippen molar-refractivity contribution >= 4 is 0 Å². The predicted octanol–water partition coefficient (Wildman–Crippen LogP) is 2.89. The van der Waals surface area contributed by atoms with E-state index in [1.807, 2.05) is 42.5 Å². The normalized spacial score (nSPS) is 22.4. The van der Waals surface area contributed by atoms with Crippen LogP contribution in [-0.4, -0.2) is 19.6 Å². The molecule has 2 N–H and O–H groups in total. The molecule has 0 aliphatic carbocycles. The molecule has 1 saturated heterocycles. The van der Waals surface area contributed by atoms with Gasteiger partial charge in [-0.25, -0.2) is 0 Å². The van der Waals surface area contributed by atoms with Crippen molar-refractivity contribution in [2.24, 2.45) is 0 Å². The van der Waals surface area contributed by atoms with E-state index in [0.29, 0.717) is 0 Å². The first-order valence-corrected chi connectivity index (χ1v) is 7.05. The molecule has 2 aromatic rings. The Morgan fingerprint density at radius 1 is 0.900 bits per heavy atom. The van der Waals surface area contributed by atoms with E-state index in [1.54, 1.807) is 0 Å². The lowest BCUT2D eigenvalue weighted by Gasteiger charge is -2.36. The number of hydrogen-bond acceptors (Lipinski definition) is 3. The molecule has 1 fully saturated rings. The Kier molecular flexibility index (Phi) is 3.72. The fourth-order valence-corrected chi connectivity index (χ4v) is 2.55. The molecule has 3 heteroatoms. The molecule has 1 atom stereocenters. The van der Waals surface area contributed by atoms with Crippen LogP contribution in [0.4, 0.5) is 0 Å². The van der Waals surface area contributed by atoms with Crippen molar-refractivity contribution in [2.75, 3.05) is 19.6 Å². The van der Waals surface area contributed by atoms with Crippen LogP contribution < -0.4 is 15.4 Å². The molecule has 1 heterocycles. The summed E-state index contributed by atoms with van der Waals surface area (Å²) in [6.07, 6.45) is 0. The summed E-state index contributed by atoms with van der Waals surface area (Å²) in [7, 11) is 0. The third-order valence-corrected chi connectivity index (χ3v) is 3.77. The Labute approximate surface area is 120 Å². The first kappa shape index (κ1) is 13.2. The molecule has 0 aromatic heterocycles. The Morgan fingerprint density at radius 2 is 1.60 bits per heavy atom. The van der Waals surface area contributed by atoms with Crippen molar-refractivity contribution in [3.63, 3.8) is 0 Å². The summed E-state index contributed by atoms with van der Waals surface area (Å²) in [5, 5.41) is 7.01. The SMILES string of the molecule is CC1(c2ccc(Oc3ccccc3)cc2)CNCCN1. The summed E-state index contributed by atoms with van der Waals surface area (Å²) in [5.74, 6) is 1.73. The van der Waals surface area contributed by atoms with Gasteiger partial charge in [-0.2, -0.15) is 0 Å². The number of ether oxygens (including phenoxy) is 1. The van der Waals surface area contributed by atoms with E-state index in [-0.39, 0.29) is 5.54 Å². The molecule has 0 spiro atoms. The van der Waals surface area contributed by atoms with Gasteiger partial charge in [0, 0.05) is 19.6 Å². The van der Waals surface area contributed by atoms with Crippen LogP contribution in [0.25, 0.3) is 0 Å². The van der Waals surface area contributed by atoms with Gasteiger partial charge in [-0.15, -0.1) is 0 Å². The second kappa shape index (κ2) is 5.65. The Morgan fingerprint density at radius 3 is 2.25 bits per heavy atom. The number of para-hydroxylation sites is 1. The van der Waals surface area contributed by atoms with Gasteiger partial charge in [-0.05, 0) is 36.8 Å². The molecule has 3 nitrogen and oxygen atoms in total. The summed E-state index contributed by atoms with van der Waals surface area (Å²) in [6.45, 7) is 5.21. The monoisotopic (exact) mass is 268 g/mol. The lowest BCUT2D eigenvalue weighted by molar-refractivity contribution is 0.303. The second-order valence-corrected chi connectivity index (χ2v) is 5.38. The minimum absolute atomic E-state index is 0.00350. The smallest absolute Gasteiger partial charge is 0.127 e. The lowest BCUT2D eigenvalue weighted by atomic mass is 9.90. The minimum atomic E-state index is 0.00350. The van der Waals surface area contributed by atoms with Gasteiger partial charge in [0.15, 0.2) is 0 Å². The van der Waals surface area contributed by atoms with E-state index in [1.165, 1.54) is 5.56 Å². The second-order valence-electron chi connectivity index (χ2n) is 5.38. The van der Waals surface area contributed by atoms with Crippen LogP contribution in [0.1, 0.15) is 12.5 Å². The molecular weight excluding hydrogens is 248 g/mol. The van der Waals surface area contributed by atoms with Gasteiger partial charge in [0.05, 0.1) is 5.54 Å². The highest BCUT2D eigenvalue weighted by Gasteiger charge is 2.27. The molecule has 0 radical (unpaired) electrons. The fraction of sp³-hybridized carbons (Fsp3) is 0.294. The van der Waals surface area contributed by atoms with Crippen LogP contribution in [0.15, 0.2) is 54.6 Å². The van der Waals surface area contributed by atoms with Crippen LogP contribution in [0.5, 0.6) is 11.5 Å². The topological polar surface area (TPSA) is 33.3 Å². The van der Waals surface area contributed by atoms with Crippen LogP contribution in [0, 0.1) is 0 Å². The van der Waals surface area contributed by atoms with E-state index in [4.69, 9.17) is 4.74 Å². The van der Waals surface area contributed by atoms with E-state index in [2.05, 4.69) is 29.7 Å². The molecule has 0 amide bonds. The highest BCUT2D eigenvalue weighted by atomic mass is 16.5. The van der Waals surface area contributed by atoms with E-state index in [0.717, 1.165) is 31.1 Å². The van der Waals surface area contributed by atoms with Gasteiger partial charge in [-0.3, -0.25) is 0 Å². The highest BCUT2D eigenvalue weighted by molar-refractivity contribution is 5.35. The zero-order valence-corrected chi connectivity index (χ0v) is 11.7. The number of hydrogen-bond donors (Lipinski definition) is 2. The zero-order valence-electron chi connectivity index (χ0n) is 11.7. The molecule has 2 aromatic carbocycles. The molecule has 104 valence electrons. The molecule has 1 unspecified atom stereocenters. The average molecular weight is 268 g/mol. The minimum Gasteiger partial charge on any atom is -0.457 e. The number of rotatable bonds is 3. The quantitative estimate of drug-likeness (QED) is 0.898. The van der Waals surface area contributed by atoms with Crippen LogP contribution in [0.2, 0.25) is 0 Å². The van der Waals surface area contributed by atoms with Crippen molar-refractivity contribution in [1.29, 1.82) is 0 Å².